The van der Waals surface area contributed by atoms with Crippen LogP contribution >= 0.6 is 0 Å². The summed E-state index contributed by atoms with van der Waals surface area (Å²) < 4.78 is 7.93. The molecule has 1 aliphatic carbocycles. The maximum absolute atomic E-state index is 5.97. The molecule has 0 aromatic carbocycles. The minimum absolute atomic E-state index is 0.222. The van der Waals surface area contributed by atoms with Crippen molar-refractivity contribution in [2.75, 3.05) is 26.7 Å². The lowest BCUT2D eigenvalue weighted by molar-refractivity contribution is -0.0639. The van der Waals surface area contributed by atoms with E-state index in [4.69, 9.17) is 4.74 Å². The Morgan fingerprint density at radius 1 is 1.44 bits per heavy atom. The summed E-state index contributed by atoms with van der Waals surface area (Å²) in [5.74, 6) is 0. The lowest BCUT2D eigenvalue weighted by Crippen LogP contribution is -2.48. The molecule has 3 rings (SSSR count). The quantitative estimate of drug-likeness (QED) is 0.847. The molecule has 0 amide bonds. The second kappa shape index (κ2) is 4.99. The van der Waals surface area contributed by atoms with E-state index in [0.717, 1.165) is 25.7 Å². The highest BCUT2D eigenvalue weighted by atomic mass is 16.5. The van der Waals surface area contributed by atoms with Gasteiger partial charge in [0.05, 0.1) is 24.4 Å². The number of morpholine rings is 1. The molecule has 100 valence electrons. The van der Waals surface area contributed by atoms with Gasteiger partial charge in [-0.25, -0.2) is 0 Å². The van der Waals surface area contributed by atoms with Crippen molar-refractivity contribution < 1.29 is 4.74 Å². The zero-order valence-corrected chi connectivity index (χ0v) is 11.2. The van der Waals surface area contributed by atoms with Gasteiger partial charge in [-0.2, -0.15) is 5.10 Å². The van der Waals surface area contributed by atoms with Gasteiger partial charge in [0.25, 0.3) is 0 Å². The molecule has 5 heteroatoms. The summed E-state index contributed by atoms with van der Waals surface area (Å²) in [4.78, 5) is 2.37. The molecule has 1 aromatic rings. The Morgan fingerprint density at radius 3 is 2.94 bits per heavy atom. The fourth-order valence-corrected chi connectivity index (χ4v) is 2.69. The van der Waals surface area contributed by atoms with Crippen molar-refractivity contribution in [3.05, 3.63) is 18.0 Å². The lowest BCUT2D eigenvalue weighted by Gasteiger charge is -2.39. The van der Waals surface area contributed by atoms with Crippen molar-refractivity contribution in [3.63, 3.8) is 0 Å². The van der Waals surface area contributed by atoms with Gasteiger partial charge < -0.3 is 10.1 Å². The van der Waals surface area contributed by atoms with E-state index in [1.807, 2.05) is 17.9 Å². The van der Waals surface area contributed by atoms with Gasteiger partial charge in [0.1, 0.15) is 0 Å². The van der Waals surface area contributed by atoms with E-state index >= 15 is 0 Å². The van der Waals surface area contributed by atoms with Crippen LogP contribution in [0.15, 0.2) is 12.3 Å². The third kappa shape index (κ3) is 2.43. The molecule has 5 nitrogen and oxygen atoms in total. The fraction of sp³-hybridized carbons (Fsp3) is 0.769. The zero-order valence-electron chi connectivity index (χ0n) is 11.2. The topological polar surface area (TPSA) is 42.3 Å². The van der Waals surface area contributed by atoms with Crippen molar-refractivity contribution in [3.8, 4) is 0 Å². The summed E-state index contributed by atoms with van der Waals surface area (Å²) in [6.07, 6.45) is 4.72. The molecule has 2 unspecified atom stereocenters. The van der Waals surface area contributed by atoms with Crippen LogP contribution in [0.3, 0.4) is 0 Å². The first-order chi connectivity index (χ1) is 8.75. The van der Waals surface area contributed by atoms with Crippen molar-refractivity contribution in [2.24, 2.45) is 7.05 Å². The van der Waals surface area contributed by atoms with Crippen LogP contribution in [0, 0.1) is 0 Å². The van der Waals surface area contributed by atoms with Gasteiger partial charge >= 0.3 is 0 Å². The summed E-state index contributed by atoms with van der Waals surface area (Å²) in [6.45, 7) is 2.74. The van der Waals surface area contributed by atoms with Crippen molar-refractivity contribution in [2.45, 2.75) is 31.0 Å². The van der Waals surface area contributed by atoms with Crippen LogP contribution in [0.2, 0.25) is 0 Å². The number of nitrogens with zero attached hydrogens (tertiary/aromatic N) is 3. The Morgan fingerprint density at radius 2 is 2.28 bits per heavy atom. The van der Waals surface area contributed by atoms with E-state index in [-0.39, 0.29) is 6.10 Å². The molecule has 0 radical (unpaired) electrons. The van der Waals surface area contributed by atoms with Crippen LogP contribution in [0.1, 0.15) is 24.6 Å². The van der Waals surface area contributed by atoms with Crippen LogP contribution < -0.4 is 5.32 Å². The molecular formula is C13H22N4O. The van der Waals surface area contributed by atoms with Gasteiger partial charge in [0, 0.05) is 32.4 Å². The highest BCUT2D eigenvalue weighted by Crippen LogP contribution is 2.28. The average molecular weight is 250 g/mol. The Balaban J connectivity index is 1.74. The molecule has 1 saturated carbocycles. The molecule has 18 heavy (non-hydrogen) atoms. The summed E-state index contributed by atoms with van der Waals surface area (Å²) >= 11 is 0. The van der Waals surface area contributed by atoms with Crippen LogP contribution in [0.4, 0.5) is 0 Å². The van der Waals surface area contributed by atoms with Gasteiger partial charge in [-0.05, 0) is 26.0 Å². The SMILES string of the molecule is CN1CCOC(CNC2CC2)C1c1ccnn1C. The number of hydrogen-bond donors (Lipinski definition) is 1. The Bertz CT molecular complexity index is 401. The van der Waals surface area contributed by atoms with Gasteiger partial charge in [0.15, 0.2) is 0 Å². The first-order valence-electron chi connectivity index (χ1n) is 6.79. The Labute approximate surface area is 108 Å². The van der Waals surface area contributed by atoms with Gasteiger partial charge in [-0.15, -0.1) is 0 Å². The van der Waals surface area contributed by atoms with Crippen molar-refractivity contribution in [1.29, 1.82) is 0 Å². The van der Waals surface area contributed by atoms with E-state index in [1.54, 1.807) is 0 Å². The van der Waals surface area contributed by atoms with Crippen molar-refractivity contribution in [1.82, 2.24) is 20.0 Å². The summed E-state index contributed by atoms with van der Waals surface area (Å²) in [6, 6.07) is 3.13. The second-order valence-electron chi connectivity index (χ2n) is 5.40. The predicted octanol–water partition coefficient (Wildman–Crippen LogP) is 0.544. The molecule has 1 aromatic heterocycles. The number of likely N-dealkylation sites (N-methyl/N-ethyl adjacent to an activating group) is 1. The van der Waals surface area contributed by atoms with Gasteiger partial charge in [-0.1, -0.05) is 0 Å². The van der Waals surface area contributed by atoms with E-state index in [1.165, 1.54) is 18.5 Å². The molecule has 2 heterocycles. The minimum atomic E-state index is 0.222. The first kappa shape index (κ1) is 12.1. The number of hydrogen-bond acceptors (Lipinski definition) is 4. The molecule has 0 bridgehead atoms. The number of nitrogens with one attached hydrogen (secondary N) is 1. The molecule has 2 aliphatic rings. The number of ether oxygens (including phenoxy) is 1. The van der Waals surface area contributed by atoms with Crippen molar-refractivity contribution >= 4 is 0 Å². The maximum atomic E-state index is 5.97. The lowest BCUT2D eigenvalue weighted by atomic mass is 10.0. The molecule has 1 N–H and O–H groups in total. The summed E-state index contributed by atoms with van der Waals surface area (Å²) in [5.41, 5.74) is 1.24. The normalized spacial score (nSPS) is 29.7. The summed E-state index contributed by atoms with van der Waals surface area (Å²) in [5, 5.41) is 7.86. The van der Waals surface area contributed by atoms with E-state index in [0.29, 0.717) is 6.04 Å². The predicted molar refractivity (Wildman–Crippen MR) is 69.3 cm³/mol. The molecule has 2 fully saturated rings. The first-order valence-corrected chi connectivity index (χ1v) is 6.79. The number of rotatable bonds is 4. The maximum Gasteiger partial charge on any atom is 0.0911 e. The largest absolute Gasteiger partial charge is 0.374 e. The van der Waals surface area contributed by atoms with Crippen LogP contribution in [0.5, 0.6) is 0 Å². The Hall–Kier alpha value is -0.910. The van der Waals surface area contributed by atoms with Crippen LogP contribution in [0.25, 0.3) is 0 Å². The number of aryl methyl sites for hydroxylation is 1. The van der Waals surface area contributed by atoms with Gasteiger partial charge in [-0.3, -0.25) is 9.58 Å². The van der Waals surface area contributed by atoms with Crippen LogP contribution in [-0.4, -0.2) is 53.6 Å². The van der Waals surface area contributed by atoms with E-state index < -0.39 is 0 Å². The fourth-order valence-electron chi connectivity index (χ4n) is 2.69. The third-order valence-electron chi connectivity index (χ3n) is 3.95. The average Bonchev–Trinajstić information content (AvgIpc) is 3.09. The smallest absolute Gasteiger partial charge is 0.0911 e. The van der Waals surface area contributed by atoms with Crippen LogP contribution in [-0.2, 0) is 11.8 Å². The summed E-state index contributed by atoms with van der Waals surface area (Å²) in [7, 11) is 4.17. The molecular weight excluding hydrogens is 228 g/mol. The second-order valence-corrected chi connectivity index (χ2v) is 5.40. The van der Waals surface area contributed by atoms with E-state index in [2.05, 4.69) is 28.4 Å². The molecule has 1 saturated heterocycles. The molecule has 2 atom stereocenters. The third-order valence-corrected chi connectivity index (χ3v) is 3.95. The number of aromatic nitrogens is 2. The molecule has 0 spiro atoms. The van der Waals surface area contributed by atoms with E-state index in [9.17, 15) is 0 Å². The zero-order chi connectivity index (χ0) is 12.5. The molecule has 1 aliphatic heterocycles. The standard InChI is InChI=1S/C13H22N4O/c1-16-7-8-18-12(9-14-10-3-4-10)13(16)11-5-6-15-17(11)2/h5-6,10,12-14H,3-4,7-9H2,1-2H3. The minimum Gasteiger partial charge on any atom is -0.374 e. The highest BCUT2D eigenvalue weighted by Gasteiger charge is 2.34. The Kier molecular flexibility index (Phi) is 3.37. The highest BCUT2D eigenvalue weighted by molar-refractivity contribution is 5.10. The monoisotopic (exact) mass is 250 g/mol. The van der Waals surface area contributed by atoms with Gasteiger partial charge in [0.2, 0.25) is 0 Å².